The molecule has 1 unspecified atom stereocenters. The largest absolute Gasteiger partial charge is 0.461 e. The maximum atomic E-state index is 10.3. The molecule has 0 fully saturated rings. The van der Waals surface area contributed by atoms with Gasteiger partial charge in [0.15, 0.2) is 0 Å². The van der Waals surface area contributed by atoms with Crippen LogP contribution in [0.25, 0.3) is 0 Å². The van der Waals surface area contributed by atoms with Crippen LogP contribution in [0.1, 0.15) is 13.8 Å². The molecule has 5 heteroatoms. The van der Waals surface area contributed by atoms with E-state index in [9.17, 15) is 9.59 Å². The van der Waals surface area contributed by atoms with Crippen molar-refractivity contribution in [3.63, 3.8) is 0 Å². The smallest absolute Gasteiger partial charge is 0.304 e. The molecule has 11 heavy (non-hydrogen) atoms. The highest BCUT2D eigenvalue weighted by atomic mass is 35.5. The fourth-order valence-electron chi connectivity index (χ4n) is 0.397. The zero-order valence-electron chi connectivity index (χ0n) is 6.30. The predicted molar refractivity (Wildman–Crippen MR) is 38.0 cm³/mol. The Hall–Kier alpha value is -0.770. The molecule has 0 spiro atoms. The summed E-state index contributed by atoms with van der Waals surface area (Å²) in [6.07, 6.45) is 0. The average molecular weight is 181 g/mol. The average Bonchev–Trinajstić information content (AvgIpc) is 1.82. The third kappa shape index (κ3) is 7.12. The fraction of sp³-hybridized carbons (Fsp3) is 0.667. The zero-order valence-corrected chi connectivity index (χ0v) is 7.05. The van der Waals surface area contributed by atoms with Gasteiger partial charge < -0.3 is 9.47 Å². The first-order chi connectivity index (χ1) is 5.02. The number of carbonyl (C=O) groups excluding carboxylic acids is 2. The van der Waals surface area contributed by atoms with Crippen LogP contribution >= 0.6 is 11.6 Å². The van der Waals surface area contributed by atoms with Crippen LogP contribution in [-0.2, 0) is 19.1 Å². The molecule has 0 aromatic carbocycles. The van der Waals surface area contributed by atoms with Gasteiger partial charge in [-0.1, -0.05) is 11.6 Å². The normalized spacial score (nSPS) is 11.9. The van der Waals surface area contributed by atoms with E-state index in [1.165, 1.54) is 13.8 Å². The lowest BCUT2D eigenvalue weighted by atomic mass is 10.7. The quantitative estimate of drug-likeness (QED) is 0.474. The lowest BCUT2D eigenvalue weighted by Crippen LogP contribution is -2.17. The first-order valence-electron chi connectivity index (χ1n) is 2.97. The maximum Gasteiger partial charge on any atom is 0.304 e. The molecular weight excluding hydrogens is 172 g/mol. The van der Waals surface area contributed by atoms with Crippen LogP contribution in [0.15, 0.2) is 0 Å². The molecular formula is C6H9ClO4. The van der Waals surface area contributed by atoms with Crippen molar-refractivity contribution in [3.8, 4) is 0 Å². The second kappa shape index (κ2) is 4.96. The van der Waals surface area contributed by atoms with Crippen molar-refractivity contribution < 1.29 is 19.1 Å². The minimum Gasteiger partial charge on any atom is -0.461 e. The van der Waals surface area contributed by atoms with Crippen LogP contribution in [0.4, 0.5) is 0 Å². The third-order valence-corrected chi connectivity index (χ3v) is 0.927. The molecule has 1 atom stereocenters. The summed E-state index contributed by atoms with van der Waals surface area (Å²) in [5.41, 5.74) is -0.892. The summed E-state index contributed by atoms with van der Waals surface area (Å²) in [5, 5.41) is 0. The van der Waals surface area contributed by atoms with E-state index in [0.717, 1.165) is 0 Å². The molecule has 64 valence electrons. The van der Waals surface area contributed by atoms with Crippen LogP contribution in [0.2, 0.25) is 0 Å². The van der Waals surface area contributed by atoms with E-state index in [1.807, 2.05) is 0 Å². The van der Waals surface area contributed by atoms with E-state index in [0.29, 0.717) is 0 Å². The number of ether oxygens (including phenoxy) is 2. The topological polar surface area (TPSA) is 52.6 Å². The molecule has 0 aliphatic heterocycles. The molecule has 0 N–H and O–H groups in total. The maximum absolute atomic E-state index is 10.3. The van der Waals surface area contributed by atoms with Crippen molar-refractivity contribution in [1.29, 1.82) is 0 Å². The van der Waals surface area contributed by atoms with Gasteiger partial charge in [0.05, 0.1) is 0 Å². The Kier molecular flexibility index (Phi) is 4.61. The molecule has 0 heterocycles. The first kappa shape index (κ1) is 10.2. The Morgan fingerprint density at radius 3 is 2.27 bits per heavy atom. The molecule has 0 aromatic rings. The van der Waals surface area contributed by atoms with E-state index in [-0.39, 0.29) is 6.61 Å². The van der Waals surface area contributed by atoms with Crippen molar-refractivity contribution in [2.75, 3.05) is 6.61 Å². The van der Waals surface area contributed by atoms with E-state index < -0.39 is 17.5 Å². The second-order valence-electron chi connectivity index (χ2n) is 1.82. The van der Waals surface area contributed by atoms with E-state index in [2.05, 4.69) is 9.47 Å². The van der Waals surface area contributed by atoms with Crippen LogP contribution in [0.5, 0.6) is 0 Å². The Labute approximate surface area is 69.4 Å². The lowest BCUT2D eigenvalue weighted by Gasteiger charge is -2.08. The van der Waals surface area contributed by atoms with Crippen LogP contribution in [0.3, 0.4) is 0 Å². The molecule has 0 amide bonds. The van der Waals surface area contributed by atoms with Gasteiger partial charge in [0.25, 0.3) is 0 Å². The molecule has 0 radical (unpaired) electrons. The molecule has 0 saturated carbocycles. The Morgan fingerprint density at radius 2 is 1.91 bits per heavy atom. The second-order valence-corrected chi connectivity index (χ2v) is 2.31. The molecule has 0 aliphatic rings. The fourth-order valence-corrected chi connectivity index (χ4v) is 0.585. The molecule has 0 rings (SSSR count). The van der Waals surface area contributed by atoms with Gasteiger partial charge in [0, 0.05) is 13.8 Å². The van der Waals surface area contributed by atoms with Gasteiger partial charge in [0.2, 0.25) is 5.56 Å². The van der Waals surface area contributed by atoms with Crippen LogP contribution < -0.4 is 0 Å². The predicted octanol–water partition coefficient (Wildman–Crippen LogP) is 0.677. The zero-order chi connectivity index (χ0) is 8.85. The summed E-state index contributed by atoms with van der Waals surface area (Å²) >= 11 is 5.40. The van der Waals surface area contributed by atoms with Gasteiger partial charge in [-0.2, -0.15) is 0 Å². The van der Waals surface area contributed by atoms with Crippen molar-refractivity contribution in [1.82, 2.24) is 0 Å². The molecule has 0 bridgehead atoms. The summed E-state index contributed by atoms with van der Waals surface area (Å²) in [5.74, 6) is -0.958. The Balaban J connectivity index is 3.44. The Morgan fingerprint density at radius 1 is 1.36 bits per heavy atom. The SMILES string of the molecule is CC(=O)OCC(Cl)OC(C)=O. The standard InChI is InChI=1S/C6H9ClO4/c1-4(8)10-3-6(7)11-5(2)9/h6H,3H2,1-2H3. The van der Waals surface area contributed by atoms with E-state index in [1.54, 1.807) is 0 Å². The number of rotatable bonds is 3. The number of hydrogen-bond acceptors (Lipinski definition) is 4. The molecule has 4 nitrogen and oxygen atoms in total. The summed E-state index contributed by atoms with van der Waals surface area (Å²) in [7, 11) is 0. The monoisotopic (exact) mass is 180 g/mol. The number of carbonyl (C=O) groups is 2. The third-order valence-electron chi connectivity index (χ3n) is 0.711. The highest BCUT2D eigenvalue weighted by molar-refractivity contribution is 6.20. The van der Waals surface area contributed by atoms with Crippen molar-refractivity contribution >= 4 is 23.5 Å². The molecule has 0 aliphatic carbocycles. The Bertz CT molecular complexity index is 157. The lowest BCUT2D eigenvalue weighted by molar-refractivity contribution is -0.151. The van der Waals surface area contributed by atoms with Gasteiger partial charge in [-0.3, -0.25) is 9.59 Å². The highest BCUT2D eigenvalue weighted by Gasteiger charge is 2.08. The molecule has 0 saturated heterocycles. The van der Waals surface area contributed by atoms with Crippen LogP contribution in [-0.4, -0.2) is 24.1 Å². The van der Waals surface area contributed by atoms with Gasteiger partial charge in [-0.25, -0.2) is 0 Å². The first-order valence-corrected chi connectivity index (χ1v) is 3.40. The van der Waals surface area contributed by atoms with Crippen LogP contribution in [0, 0.1) is 0 Å². The summed E-state index contributed by atoms with van der Waals surface area (Å²) in [6.45, 7) is 2.36. The van der Waals surface area contributed by atoms with Gasteiger partial charge in [-0.15, -0.1) is 0 Å². The number of hydrogen-bond donors (Lipinski definition) is 0. The van der Waals surface area contributed by atoms with Gasteiger partial charge in [0.1, 0.15) is 6.61 Å². The summed E-state index contributed by atoms with van der Waals surface area (Å²) in [4.78, 5) is 20.5. The van der Waals surface area contributed by atoms with Crippen molar-refractivity contribution in [2.24, 2.45) is 0 Å². The minimum absolute atomic E-state index is 0.115. The number of alkyl halides is 1. The summed E-state index contributed by atoms with van der Waals surface area (Å²) < 4.78 is 8.91. The van der Waals surface area contributed by atoms with E-state index >= 15 is 0 Å². The van der Waals surface area contributed by atoms with Crippen molar-refractivity contribution in [3.05, 3.63) is 0 Å². The number of esters is 2. The van der Waals surface area contributed by atoms with Crippen molar-refractivity contribution in [2.45, 2.75) is 19.4 Å². The minimum atomic E-state index is -0.892. The van der Waals surface area contributed by atoms with Gasteiger partial charge >= 0.3 is 11.9 Å². The summed E-state index contributed by atoms with van der Waals surface area (Å²) in [6, 6.07) is 0. The molecule has 0 aromatic heterocycles. The number of halogens is 1. The van der Waals surface area contributed by atoms with Gasteiger partial charge in [-0.05, 0) is 0 Å². The van der Waals surface area contributed by atoms with E-state index in [4.69, 9.17) is 11.6 Å². The highest BCUT2D eigenvalue weighted by Crippen LogP contribution is 1.99.